The zero-order chi connectivity index (χ0) is 11.5. The summed E-state index contributed by atoms with van der Waals surface area (Å²) in [4.78, 5) is 0. The largest absolute Gasteiger partial charge is 0.392 e. The predicted octanol–water partition coefficient (Wildman–Crippen LogP) is 2.14. The zero-order valence-electron chi connectivity index (χ0n) is 9.77. The lowest BCUT2D eigenvalue weighted by Gasteiger charge is -2.32. The van der Waals surface area contributed by atoms with Crippen LogP contribution in [0.25, 0.3) is 0 Å². The van der Waals surface area contributed by atoms with Gasteiger partial charge in [-0.1, -0.05) is 51.1 Å². The van der Waals surface area contributed by atoms with Gasteiger partial charge in [0, 0.05) is 12.5 Å². The molecule has 0 unspecified atom stereocenters. The van der Waals surface area contributed by atoms with E-state index in [-0.39, 0.29) is 11.3 Å². The summed E-state index contributed by atoms with van der Waals surface area (Å²) in [7, 11) is 0. The molecule has 1 aromatic carbocycles. The molecule has 0 amide bonds. The van der Waals surface area contributed by atoms with Crippen LogP contribution in [0.1, 0.15) is 32.3 Å². The van der Waals surface area contributed by atoms with E-state index in [0.29, 0.717) is 6.54 Å². The molecule has 0 bridgehead atoms. The van der Waals surface area contributed by atoms with Gasteiger partial charge < -0.3 is 10.8 Å². The number of nitrogens with two attached hydrogens (primary N) is 1. The highest BCUT2D eigenvalue weighted by molar-refractivity contribution is 5.21. The SMILES string of the molecule is CC(C)(C)[C@@H](O)[C@@H](CN)c1ccccc1. The zero-order valence-corrected chi connectivity index (χ0v) is 9.77. The summed E-state index contributed by atoms with van der Waals surface area (Å²) < 4.78 is 0. The van der Waals surface area contributed by atoms with Crippen molar-refractivity contribution in [1.29, 1.82) is 0 Å². The molecule has 3 N–H and O–H groups in total. The van der Waals surface area contributed by atoms with E-state index in [1.807, 2.05) is 51.1 Å². The fraction of sp³-hybridized carbons (Fsp3) is 0.538. The Kier molecular flexibility index (Phi) is 3.89. The minimum Gasteiger partial charge on any atom is -0.392 e. The van der Waals surface area contributed by atoms with Crippen molar-refractivity contribution in [2.24, 2.45) is 11.1 Å². The molecule has 1 rings (SSSR count). The monoisotopic (exact) mass is 207 g/mol. The van der Waals surface area contributed by atoms with E-state index in [9.17, 15) is 5.11 Å². The number of aliphatic hydroxyl groups excluding tert-OH is 1. The van der Waals surface area contributed by atoms with Crippen LogP contribution in [0.2, 0.25) is 0 Å². The molecule has 1 aromatic rings. The minimum atomic E-state index is -0.412. The van der Waals surface area contributed by atoms with Crippen LogP contribution in [-0.2, 0) is 0 Å². The lowest BCUT2D eigenvalue weighted by atomic mass is 9.78. The van der Waals surface area contributed by atoms with E-state index in [4.69, 9.17) is 5.73 Å². The fourth-order valence-electron chi connectivity index (χ4n) is 1.75. The Morgan fingerprint density at radius 3 is 2.13 bits per heavy atom. The first-order valence-electron chi connectivity index (χ1n) is 5.40. The molecule has 0 saturated heterocycles. The van der Waals surface area contributed by atoms with E-state index in [1.165, 1.54) is 0 Å². The topological polar surface area (TPSA) is 46.2 Å². The molecule has 0 heterocycles. The predicted molar refractivity (Wildman–Crippen MR) is 63.7 cm³/mol. The number of hydrogen-bond donors (Lipinski definition) is 2. The van der Waals surface area contributed by atoms with Crippen LogP contribution in [-0.4, -0.2) is 17.8 Å². The third-order valence-corrected chi connectivity index (χ3v) is 2.75. The van der Waals surface area contributed by atoms with Gasteiger partial charge in [0.05, 0.1) is 6.10 Å². The molecule has 2 nitrogen and oxygen atoms in total. The Morgan fingerprint density at radius 2 is 1.73 bits per heavy atom. The summed E-state index contributed by atoms with van der Waals surface area (Å²) in [6.45, 7) is 6.57. The lowest BCUT2D eigenvalue weighted by Crippen LogP contribution is -2.36. The maximum atomic E-state index is 10.2. The number of rotatable bonds is 3. The van der Waals surface area contributed by atoms with Gasteiger partial charge in [-0.05, 0) is 11.0 Å². The van der Waals surface area contributed by atoms with Gasteiger partial charge in [0.25, 0.3) is 0 Å². The smallest absolute Gasteiger partial charge is 0.0669 e. The molecule has 15 heavy (non-hydrogen) atoms. The molecule has 0 aliphatic heterocycles. The van der Waals surface area contributed by atoms with Gasteiger partial charge in [0.1, 0.15) is 0 Å². The van der Waals surface area contributed by atoms with Gasteiger partial charge >= 0.3 is 0 Å². The van der Waals surface area contributed by atoms with Crippen LogP contribution < -0.4 is 5.73 Å². The highest BCUT2D eigenvalue weighted by Crippen LogP contribution is 2.30. The van der Waals surface area contributed by atoms with Crippen molar-refractivity contribution in [2.75, 3.05) is 6.54 Å². The third-order valence-electron chi connectivity index (χ3n) is 2.75. The Bertz CT molecular complexity index is 289. The molecule has 2 atom stereocenters. The average Bonchev–Trinajstić information content (AvgIpc) is 2.19. The normalized spacial score (nSPS) is 16.1. The molecule has 0 fully saturated rings. The van der Waals surface area contributed by atoms with E-state index < -0.39 is 6.10 Å². The van der Waals surface area contributed by atoms with Crippen molar-refractivity contribution in [3.63, 3.8) is 0 Å². The van der Waals surface area contributed by atoms with Gasteiger partial charge in [-0.2, -0.15) is 0 Å². The molecular weight excluding hydrogens is 186 g/mol. The van der Waals surface area contributed by atoms with Crippen molar-refractivity contribution in [3.05, 3.63) is 35.9 Å². The molecule has 0 radical (unpaired) electrons. The van der Waals surface area contributed by atoms with Crippen LogP contribution >= 0.6 is 0 Å². The van der Waals surface area contributed by atoms with Crippen molar-refractivity contribution in [1.82, 2.24) is 0 Å². The summed E-state index contributed by atoms with van der Waals surface area (Å²) in [5.41, 5.74) is 6.72. The van der Waals surface area contributed by atoms with Gasteiger partial charge in [0.2, 0.25) is 0 Å². The minimum absolute atomic E-state index is 0.0196. The maximum absolute atomic E-state index is 10.2. The van der Waals surface area contributed by atoms with E-state index >= 15 is 0 Å². The second-order valence-electron chi connectivity index (χ2n) is 5.06. The summed E-state index contributed by atoms with van der Waals surface area (Å²) in [6, 6.07) is 9.97. The van der Waals surface area contributed by atoms with Crippen molar-refractivity contribution >= 4 is 0 Å². The van der Waals surface area contributed by atoms with Crippen LogP contribution in [0, 0.1) is 5.41 Å². The van der Waals surface area contributed by atoms with Crippen LogP contribution in [0.3, 0.4) is 0 Å². The van der Waals surface area contributed by atoms with Crippen molar-refractivity contribution < 1.29 is 5.11 Å². The summed E-state index contributed by atoms with van der Waals surface area (Å²) >= 11 is 0. The van der Waals surface area contributed by atoms with E-state index in [0.717, 1.165) is 5.56 Å². The van der Waals surface area contributed by atoms with E-state index in [2.05, 4.69) is 0 Å². The second kappa shape index (κ2) is 4.77. The second-order valence-corrected chi connectivity index (χ2v) is 5.06. The lowest BCUT2D eigenvalue weighted by molar-refractivity contribution is 0.0407. The Morgan fingerprint density at radius 1 is 1.20 bits per heavy atom. The molecule has 0 saturated carbocycles. The van der Waals surface area contributed by atoms with Gasteiger partial charge in [-0.25, -0.2) is 0 Å². The first-order valence-corrected chi connectivity index (χ1v) is 5.40. The summed E-state index contributed by atoms with van der Waals surface area (Å²) in [5, 5.41) is 10.2. The van der Waals surface area contributed by atoms with Gasteiger partial charge in [0.15, 0.2) is 0 Å². The third kappa shape index (κ3) is 3.05. The van der Waals surface area contributed by atoms with E-state index in [1.54, 1.807) is 0 Å². The Balaban J connectivity index is 2.90. The van der Waals surface area contributed by atoms with Crippen LogP contribution in [0.4, 0.5) is 0 Å². The van der Waals surface area contributed by atoms with Gasteiger partial charge in [-0.15, -0.1) is 0 Å². The van der Waals surface area contributed by atoms with Crippen LogP contribution in [0.5, 0.6) is 0 Å². The highest BCUT2D eigenvalue weighted by atomic mass is 16.3. The quantitative estimate of drug-likeness (QED) is 0.797. The Labute approximate surface area is 92.1 Å². The van der Waals surface area contributed by atoms with Crippen LogP contribution in [0.15, 0.2) is 30.3 Å². The van der Waals surface area contributed by atoms with Crippen molar-refractivity contribution in [2.45, 2.75) is 32.8 Å². The molecule has 0 aliphatic carbocycles. The summed E-state index contributed by atoms with van der Waals surface area (Å²) in [6.07, 6.45) is -0.412. The number of aliphatic hydroxyl groups is 1. The highest BCUT2D eigenvalue weighted by Gasteiger charge is 2.30. The molecule has 0 aromatic heterocycles. The molecule has 84 valence electrons. The number of hydrogen-bond acceptors (Lipinski definition) is 2. The number of benzene rings is 1. The fourth-order valence-corrected chi connectivity index (χ4v) is 1.75. The van der Waals surface area contributed by atoms with Crippen molar-refractivity contribution in [3.8, 4) is 0 Å². The summed E-state index contributed by atoms with van der Waals surface area (Å²) in [5.74, 6) is 0.0196. The first kappa shape index (κ1) is 12.2. The maximum Gasteiger partial charge on any atom is 0.0669 e. The average molecular weight is 207 g/mol. The first-order chi connectivity index (χ1) is 6.96. The molecule has 0 spiro atoms. The van der Waals surface area contributed by atoms with Gasteiger partial charge in [-0.3, -0.25) is 0 Å². The molecule has 2 heteroatoms. The Hall–Kier alpha value is -0.860. The standard InChI is InChI=1S/C13H21NO/c1-13(2,3)12(15)11(9-14)10-7-5-4-6-8-10/h4-8,11-12,15H,9,14H2,1-3H3/t11-,12-/m0/s1. The molecular formula is C13H21NO. The molecule has 0 aliphatic rings.